The number of nitrogens with zero attached hydrogens (tertiary/aromatic N) is 1. The monoisotopic (exact) mass is 400 g/mol. The Morgan fingerprint density at radius 2 is 1.72 bits per heavy atom. The molecule has 0 spiro atoms. The number of rotatable bonds is 8. The van der Waals surface area contributed by atoms with Crippen LogP contribution in [0.1, 0.15) is 37.5 Å². The SMILES string of the molecule is Cc1ccc(OCC(=O)N(Cc2ccc(F)cc2)[C@@H](C)C(=O)NC(C)C)c(C)c1. The number of aryl methyl sites for hydroxylation is 2. The van der Waals surface area contributed by atoms with Crippen LogP contribution < -0.4 is 10.1 Å². The van der Waals surface area contributed by atoms with Gasteiger partial charge in [-0.2, -0.15) is 0 Å². The lowest BCUT2D eigenvalue weighted by molar-refractivity contribution is -0.142. The zero-order chi connectivity index (χ0) is 21.6. The third-order valence-corrected chi connectivity index (χ3v) is 4.55. The second-order valence-electron chi connectivity index (χ2n) is 7.54. The van der Waals surface area contributed by atoms with Crippen LogP contribution in [0.15, 0.2) is 42.5 Å². The van der Waals surface area contributed by atoms with E-state index < -0.39 is 6.04 Å². The Bertz CT molecular complexity index is 850. The number of carbonyl (C=O) groups is 2. The lowest BCUT2D eigenvalue weighted by Gasteiger charge is -2.29. The largest absolute Gasteiger partial charge is 0.483 e. The Morgan fingerprint density at radius 3 is 2.31 bits per heavy atom. The van der Waals surface area contributed by atoms with Crippen molar-refractivity contribution in [3.63, 3.8) is 0 Å². The van der Waals surface area contributed by atoms with Crippen LogP contribution in [0.3, 0.4) is 0 Å². The zero-order valence-corrected chi connectivity index (χ0v) is 17.7. The quantitative estimate of drug-likeness (QED) is 0.734. The fourth-order valence-electron chi connectivity index (χ4n) is 2.96. The van der Waals surface area contributed by atoms with Crippen LogP contribution in [0.2, 0.25) is 0 Å². The molecule has 0 aromatic heterocycles. The third-order valence-electron chi connectivity index (χ3n) is 4.55. The summed E-state index contributed by atoms with van der Waals surface area (Å²) in [6, 6.07) is 10.9. The van der Waals surface area contributed by atoms with Gasteiger partial charge in [-0.25, -0.2) is 4.39 Å². The molecule has 6 heteroatoms. The summed E-state index contributed by atoms with van der Waals surface area (Å²) < 4.78 is 18.9. The highest BCUT2D eigenvalue weighted by molar-refractivity contribution is 5.88. The van der Waals surface area contributed by atoms with Gasteiger partial charge in [-0.1, -0.05) is 29.8 Å². The van der Waals surface area contributed by atoms with Crippen molar-refractivity contribution in [3.8, 4) is 5.75 Å². The molecule has 5 nitrogen and oxygen atoms in total. The van der Waals surface area contributed by atoms with E-state index in [1.165, 1.54) is 17.0 Å². The number of nitrogens with one attached hydrogen (secondary N) is 1. The molecule has 2 amide bonds. The van der Waals surface area contributed by atoms with Crippen molar-refractivity contribution in [1.29, 1.82) is 0 Å². The Kier molecular flexibility index (Phi) is 7.76. The second kappa shape index (κ2) is 10.0. The van der Waals surface area contributed by atoms with E-state index in [0.29, 0.717) is 5.75 Å². The molecule has 0 radical (unpaired) electrons. The molecular formula is C23H29FN2O3. The predicted molar refractivity (Wildman–Crippen MR) is 111 cm³/mol. The molecular weight excluding hydrogens is 371 g/mol. The molecule has 0 unspecified atom stereocenters. The number of benzene rings is 2. The standard InChI is InChI=1S/C23H29FN2O3/c1-15(2)25-23(28)18(5)26(13-19-7-9-20(24)10-8-19)22(27)14-29-21-11-6-16(3)12-17(21)4/h6-12,15,18H,13-14H2,1-5H3,(H,25,28)/t18-/m0/s1. The maximum atomic E-state index is 13.2. The third kappa shape index (κ3) is 6.59. The van der Waals surface area contributed by atoms with Gasteiger partial charge in [-0.05, 0) is 63.9 Å². The molecule has 2 aromatic carbocycles. The van der Waals surface area contributed by atoms with E-state index >= 15 is 0 Å². The molecule has 0 saturated carbocycles. The molecule has 1 atom stereocenters. The first-order valence-corrected chi connectivity index (χ1v) is 9.71. The average molecular weight is 400 g/mol. The lowest BCUT2D eigenvalue weighted by Crippen LogP contribution is -2.50. The minimum absolute atomic E-state index is 0.0424. The maximum absolute atomic E-state index is 13.2. The molecule has 29 heavy (non-hydrogen) atoms. The topological polar surface area (TPSA) is 58.6 Å². The van der Waals surface area contributed by atoms with Crippen molar-refractivity contribution in [2.45, 2.75) is 53.2 Å². The molecule has 0 aliphatic rings. The van der Waals surface area contributed by atoms with E-state index in [0.717, 1.165) is 16.7 Å². The van der Waals surface area contributed by atoms with Crippen molar-refractivity contribution in [2.24, 2.45) is 0 Å². The highest BCUT2D eigenvalue weighted by Crippen LogP contribution is 2.19. The zero-order valence-electron chi connectivity index (χ0n) is 17.7. The van der Waals surface area contributed by atoms with Gasteiger partial charge in [0.05, 0.1) is 0 Å². The molecule has 2 aromatic rings. The molecule has 0 fully saturated rings. The Hall–Kier alpha value is -2.89. The molecule has 0 saturated heterocycles. The fraction of sp³-hybridized carbons (Fsp3) is 0.391. The fourth-order valence-corrected chi connectivity index (χ4v) is 2.96. The molecule has 0 heterocycles. The van der Waals surface area contributed by atoms with Crippen molar-refractivity contribution >= 4 is 11.8 Å². The van der Waals surface area contributed by atoms with Crippen LogP contribution >= 0.6 is 0 Å². The number of ether oxygens (including phenoxy) is 1. The molecule has 156 valence electrons. The predicted octanol–water partition coefficient (Wildman–Crippen LogP) is 3.76. The Morgan fingerprint density at radius 1 is 1.07 bits per heavy atom. The molecule has 0 aliphatic heterocycles. The van der Waals surface area contributed by atoms with Crippen molar-refractivity contribution in [3.05, 3.63) is 65.0 Å². The minimum Gasteiger partial charge on any atom is -0.483 e. The average Bonchev–Trinajstić information content (AvgIpc) is 2.65. The lowest BCUT2D eigenvalue weighted by atomic mass is 10.1. The highest BCUT2D eigenvalue weighted by Gasteiger charge is 2.27. The van der Waals surface area contributed by atoms with Gasteiger partial charge in [0.1, 0.15) is 17.6 Å². The van der Waals surface area contributed by atoms with Crippen LogP contribution in [0.5, 0.6) is 5.75 Å². The summed E-state index contributed by atoms with van der Waals surface area (Å²) in [5.41, 5.74) is 2.78. The number of hydrogen-bond acceptors (Lipinski definition) is 3. The Labute approximate surface area is 171 Å². The summed E-state index contributed by atoms with van der Waals surface area (Å²) in [4.78, 5) is 26.9. The number of carbonyl (C=O) groups excluding carboxylic acids is 2. The van der Waals surface area contributed by atoms with E-state index in [9.17, 15) is 14.0 Å². The van der Waals surface area contributed by atoms with Crippen LogP contribution in [-0.4, -0.2) is 35.4 Å². The first-order chi connectivity index (χ1) is 13.7. The number of halogens is 1. The highest BCUT2D eigenvalue weighted by atomic mass is 19.1. The van der Waals surface area contributed by atoms with E-state index in [1.54, 1.807) is 19.1 Å². The Balaban J connectivity index is 2.16. The van der Waals surface area contributed by atoms with Crippen LogP contribution in [0, 0.1) is 19.7 Å². The second-order valence-corrected chi connectivity index (χ2v) is 7.54. The number of hydrogen-bond donors (Lipinski definition) is 1. The normalized spacial score (nSPS) is 11.8. The van der Waals surface area contributed by atoms with Gasteiger partial charge in [-0.15, -0.1) is 0 Å². The van der Waals surface area contributed by atoms with Crippen molar-refractivity contribution in [1.82, 2.24) is 10.2 Å². The summed E-state index contributed by atoms with van der Waals surface area (Å²) in [5, 5.41) is 2.83. The smallest absolute Gasteiger partial charge is 0.261 e. The molecule has 0 aliphatic carbocycles. The minimum atomic E-state index is -0.697. The van der Waals surface area contributed by atoms with E-state index in [2.05, 4.69) is 5.32 Å². The van der Waals surface area contributed by atoms with Crippen LogP contribution in [0.25, 0.3) is 0 Å². The van der Waals surface area contributed by atoms with Crippen molar-refractivity contribution in [2.75, 3.05) is 6.61 Å². The maximum Gasteiger partial charge on any atom is 0.261 e. The summed E-state index contributed by atoms with van der Waals surface area (Å²) in [6.45, 7) is 9.30. The summed E-state index contributed by atoms with van der Waals surface area (Å²) in [6.07, 6.45) is 0. The van der Waals surface area contributed by atoms with Crippen LogP contribution in [0.4, 0.5) is 4.39 Å². The molecule has 2 rings (SSSR count). The van der Waals surface area contributed by atoms with E-state index in [1.807, 2.05) is 45.9 Å². The van der Waals surface area contributed by atoms with E-state index in [-0.39, 0.29) is 36.8 Å². The van der Waals surface area contributed by atoms with Gasteiger partial charge < -0.3 is 15.0 Å². The first kappa shape index (κ1) is 22.4. The molecule has 1 N–H and O–H groups in total. The summed E-state index contributed by atoms with van der Waals surface area (Å²) in [7, 11) is 0. The summed E-state index contributed by atoms with van der Waals surface area (Å²) in [5.74, 6) is -0.289. The first-order valence-electron chi connectivity index (χ1n) is 9.71. The van der Waals surface area contributed by atoms with Gasteiger partial charge >= 0.3 is 0 Å². The number of amides is 2. The van der Waals surface area contributed by atoms with Gasteiger partial charge in [0.15, 0.2) is 6.61 Å². The van der Waals surface area contributed by atoms with Gasteiger partial charge in [0.2, 0.25) is 5.91 Å². The van der Waals surface area contributed by atoms with Gasteiger partial charge in [0, 0.05) is 12.6 Å². The van der Waals surface area contributed by atoms with Crippen molar-refractivity contribution < 1.29 is 18.7 Å². The van der Waals surface area contributed by atoms with Crippen LogP contribution in [-0.2, 0) is 16.1 Å². The molecule has 0 bridgehead atoms. The van der Waals surface area contributed by atoms with Gasteiger partial charge in [0.25, 0.3) is 5.91 Å². The summed E-state index contributed by atoms with van der Waals surface area (Å²) >= 11 is 0. The van der Waals surface area contributed by atoms with E-state index in [4.69, 9.17) is 4.74 Å². The van der Waals surface area contributed by atoms with Gasteiger partial charge in [-0.3, -0.25) is 9.59 Å².